The summed E-state index contributed by atoms with van der Waals surface area (Å²) < 4.78 is 0. The maximum atomic E-state index is 12.2. The molecule has 0 unspecified atom stereocenters. The number of nitrogens with zero attached hydrogens (tertiary/aromatic N) is 1. The van der Waals surface area contributed by atoms with Gasteiger partial charge in [0.15, 0.2) is 0 Å². The van der Waals surface area contributed by atoms with Gasteiger partial charge in [-0.15, -0.1) is 0 Å². The third kappa shape index (κ3) is 4.86. The Bertz CT molecular complexity index is 502. The lowest BCUT2D eigenvalue weighted by Crippen LogP contribution is -2.40. The fourth-order valence-corrected chi connectivity index (χ4v) is 1.88. The van der Waals surface area contributed by atoms with E-state index in [2.05, 4.69) is 5.32 Å². The Morgan fingerprint density at radius 2 is 1.95 bits per heavy atom. The Morgan fingerprint density at radius 1 is 1.33 bits per heavy atom. The molecule has 1 aromatic carbocycles. The van der Waals surface area contributed by atoms with E-state index in [1.165, 1.54) is 6.92 Å². The molecule has 1 aromatic rings. The third-order valence-corrected chi connectivity index (χ3v) is 3.78. The summed E-state index contributed by atoms with van der Waals surface area (Å²) in [5, 5.41) is 2.87. The molecule has 0 aliphatic carbocycles. The molecule has 3 N–H and O–H groups in total. The number of anilines is 1. The van der Waals surface area contributed by atoms with Gasteiger partial charge in [-0.2, -0.15) is 0 Å². The predicted molar refractivity (Wildman–Crippen MR) is 84.7 cm³/mol. The number of hydrogen-bond donors (Lipinski definition) is 2. The van der Waals surface area contributed by atoms with Gasteiger partial charge < -0.3 is 16.0 Å². The van der Waals surface area contributed by atoms with E-state index in [1.807, 2.05) is 38.1 Å². The number of hydrogen-bond acceptors (Lipinski definition) is 3. The minimum absolute atomic E-state index is 0.0209. The molecule has 0 heterocycles. The van der Waals surface area contributed by atoms with Gasteiger partial charge in [-0.3, -0.25) is 9.59 Å². The number of amides is 2. The fraction of sp³-hybridized carbons (Fsp3) is 0.500. The van der Waals surface area contributed by atoms with Gasteiger partial charge in [0.05, 0.1) is 6.04 Å². The minimum atomic E-state index is -0.534. The first-order chi connectivity index (χ1) is 9.86. The van der Waals surface area contributed by atoms with Crippen molar-refractivity contribution in [2.45, 2.75) is 39.8 Å². The monoisotopic (exact) mass is 291 g/mol. The third-order valence-electron chi connectivity index (χ3n) is 3.78. The highest BCUT2D eigenvalue weighted by atomic mass is 16.2. The van der Waals surface area contributed by atoms with Crippen molar-refractivity contribution in [2.24, 2.45) is 11.7 Å². The molecule has 0 aliphatic rings. The molecule has 2 atom stereocenters. The van der Waals surface area contributed by atoms with Crippen LogP contribution in [0.3, 0.4) is 0 Å². The summed E-state index contributed by atoms with van der Waals surface area (Å²) in [5.41, 5.74) is 7.53. The summed E-state index contributed by atoms with van der Waals surface area (Å²) in [6.45, 7) is 5.93. The molecule has 0 saturated heterocycles. The van der Waals surface area contributed by atoms with Crippen LogP contribution in [0.25, 0.3) is 0 Å². The van der Waals surface area contributed by atoms with Crippen molar-refractivity contribution in [3.8, 4) is 0 Å². The lowest BCUT2D eigenvalue weighted by Gasteiger charge is -2.21. The topological polar surface area (TPSA) is 75.4 Å². The Hall–Kier alpha value is -1.88. The first kappa shape index (κ1) is 17.2. The largest absolute Gasteiger partial charge is 0.342 e. The molecule has 5 heteroatoms. The van der Waals surface area contributed by atoms with Crippen LogP contribution in [-0.2, 0) is 16.1 Å². The molecular weight excluding hydrogens is 266 g/mol. The van der Waals surface area contributed by atoms with E-state index >= 15 is 0 Å². The highest BCUT2D eigenvalue weighted by Gasteiger charge is 2.20. The number of benzene rings is 1. The van der Waals surface area contributed by atoms with Gasteiger partial charge in [0.2, 0.25) is 11.8 Å². The van der Waals surface area contributed by atoms with Gasteiger partial charge in [-0.25, -0.2) is 0 Å². The first-order valence-corrected chi connectivity index (χ1v) is 7.22. The normalized spacial score (nSPS) is 13.4. The van der Waals surface area contributed by atoms with Crippen molar-refractivity contribution in [3.05, 3.63) is 29.8 Å². The molecule has 5 nitrogen and oxygen atoms in total. The Labute approximate surface area is 126 Å². The zero-order valence-electron chi connectivity index (χ0n) is 13.2. The fourth-order valence-electron chi connectivity index (χ4n) is 1.88. The van der Waals surface area contributed by atoms with Crippen LogP contribution in [0.15, 0.2) is 24.3 Å². The molecule has 116 valence electrons. The molecule has 0 spiro atoms. The van der Waals surface area contributed by atoms with Crippen molar-refractivity contribution in [3.63, 3.8) is 0 Å². The van der Waals surface area contributed by atoms with Crippen molar-refractivity contribution in [2.75, 3.05) is 12.4 Å². The number of nitrogens with two attached hydrogens (primary N) is 1. The highest BCUT2D eigenvalue weighted by molar-refractivity contribution is 5.95. The molecule has 0 aromatic heterocycles. The number of carbonyl (C=O) groups is 2. The van der Waals surface area contributed by atoms with E-state index in [1.54, 1.807) is 11.9 Å². The average molecular weight is 291 g/mol. The van der Waals surface area contributed by atoms with Gasteiger partial charge in [-0.05, 0) is 17.5 Å². The second-order valence-corrected chi connectivity index (χ2v) is 5.43. The highest BCUT2D eigenvalue weighted by Crippen LogP contribution is 2.18. The van der Waals surface area contributed by atoms with Crippen molar-refractivity contribution < 1.29 is 9.59 Å². The lowest BCUT2D eigenvalue weighted by atomic mass is 9.99. The Morgan fingerprint density at radius 3 is 2.52 bits per heavy atom. The second-order valence-electron chi connectivity index (χ2n) is 5.43. The van der Waals surface area contributed by atoms with Gasteiger partial charge in [0.25, 0.3) is 0 Å². The maximum Gasteiger partial charge on any atom is 0.241 e. The number of nitrogens with one attached hydrogen (secondary N) is 1. The van der Waals surface area contributed by atoms with E-state index in [9.17, 15) is 9.59 Å². The SMILES string of the molecule is CC[C@H](C)[C@H](N)C(=O)Nc1ccccc1CN(C)C(C)=O. The van der Waals surface area contributed by atoms with Crippen LogP contribution >= 0.6 is 0 Å². The van der Waals surface area contributed by atoms with Gasteiger partial charge >= 0.3 is 0 Å². The molecule has 21 heavy (non-hydrogen) atoms. The molecule has 0 fully saturated rings. The summed E-state index contributed by atoms with van der Waals surface area (Å²) in [6, 6.07) is 6.91. The molecule has 0 saturated carbocycles. The second kappa shape index (κ2) is 7.78. The lowest BCUT2D eigenvalue weighted by molar-refractivity contribution is -0.128. The predicted octanol–water partition coefficient (Wildman–Crippen LogP) is 1.98. The van der Waals surface area contributed by atoms with Crippen LogP contribution in [0.2, 0.25) is 0 Å². The first-order valence-electron chi connectivity index (χ1n) is 7.22. The summed E-state index contributed by atoms with van der Waals surface area (Å²) in [7, 11) is 1.73. The number of para-hydroxylation sites is 1. The minimum Gasteiger partial charge on any atom is -0.342 e. The quantitative estimate of drug-likeness (QED) is 0.841. The summed E-state index contributed by atoms with van der Waals surface area (Å²) >= 11 is 0. The van der Waals surface area contributed by atoms with Gasteiger partial charge in [-0.1, -0.05) is 38.5 Å². The van der Waals surface area contributed by atoms with Crippen LogP contribution < -0.4 is 11.1 Å². The molecule has 0 aliphatic heterocycles. The molecule has 1 rings (SSSR count). The maximum absolute atomic E-state index is 12.2. The van der Waals surface area contributed by atoms with E-state index in [0.29, 0.717) is 12.2 Å². The van der Waals surface area contributed by atoms with E-state index in [0.717, 1.165) is 12.0 Å². The van der Waals surface area contributed by atoms with Crippen LogP contribution in [-0.4, -0.2) is 29.8 Å². The van der Waals surface area contributed by atoms with Crippen LogP contribution in [0.5, 0.6) is 0 Å². The van der Waals surface area contributed by atoms with Crippen LogP contribution in [0.4, 0.5) is 5.69 Å². The summed E-state index contributed by atoms with van der Waals surface area (Å²) in [5.74, 6) is -0.0910. The average Bonchev–Trinajstić information content (AvgIpc) is 2.47. The summed E-state index contributed by atoms with van der Waals surface area (Å²) in [4.78, 5) is 25.1. The van der Waals surface area contributed by atoms with Crippen molar-refractivity contribution in [1.82, 2.24) is 4.90 Å². The smallest absolute Gasteiger partial charge is 0.241 e. The number of rotatable bonds is 6. The van der Waals surface area contributed by atoms with E-state index in [-0.39, 0.29) is 17.7 Å². The zero-order valence-corrected chi connectivity index (χ0v) is 13.2. The Balaban J connectivity index is 2.84. The van der Waals surface area contributed by atoms with E-state index in [4.69, 9.17) is 5.73 Å². The zero-order chi connectivity index (χ0) is 16.0. The van der Waals surface area contributed by atoms with E-state index < -0.39 is 6.04 Å². The van der Waals surface area contributed by atoms with Crippen molar-refractivity contribution in [1.29, 1.82) is 0 Å². The van der Waals surface area contributed by atoms with Gasteiger partial charge in [0.1, 0.15) is 0 Å². The Kier molecular flexibility index (Phi) is 6.37. The summed E-state index contributed by atoms with van der Waals surface area (Å²) in [6.07, 6.45) is 0.851. The molecule has 0 radical (unpaired) electrons. The van der Waals surface area contributed by atoms with Crippen LogP contribution in [0, 0.1) is 5.92 Å². The van der Waals surface area contributed by atoms with Crippen molar-refractivity contribution >= 4 is 17.5 Å². The molecule has 2 amide bonds. The number of carbonyl (C=O) groups excluding carboxylic acids is 2. The standard InChI is InChI=1S/C16H25N3O2/c1-5-11(2)15(17)16(21)18-14-9-7-6-8-13(14)10-19(4)12(3)20/h6-9,11,15H,5,10,17H2,1-4H3,(H,18,21)/t11-,15-/m0/s1. The van der Waals surface area contributed by atoms with Crippen LogP contribution in [0.1, 0.15) is 32.8 Å². The van der Waals surface area contributed by atoms with Gasteiger partial charge in [0, 0.05) is 26.2 Å². The molecular formula is C16H25N3O2. The molecule has 0 bridgehead atoms.